The van der Waals surface area contributed by atoms with E-state index in [1.54, 1.807) is 12.1 Å². The third kappa shape index (κ3) is 3.69. The molecular formula is C25H28N6O. The quantitative estimate of drug-likeness (QED) is 0.498. The van der Waals surface area contributed by atoms with E-state index in [9.17, 15) is 4.79 Å². The third-order valence-corrected chi connectivity index (χ3v) is 6.10. The molecule has 0 N–H and O–H groups in total. The number of fused-ring (bicyclic) bond motifs is 1. The van der Waals surface area contributed by atoms with Crippen LogP contribution in [0.1, 0.15) is 19.9 Å². The highest BCUT2D eigenvalue weighted by Crippen LogP contribution is 2.35. The van der Waals surface area contributed by atoms with Gasteiger partial charge in [0.15, 0.2) is 0 Å². The summed E-state index contributed by atoms with van der Waals surface area (Å²) in [6.45, 7) is 8.05. The van der Waals surface area contributed by atoms with Gasteiger partial charge in [-0.15, -0.1) is 0 Å². The number of rotatable bonds is 4. The van der Waals surface area contributed by atoms with Crippen LogP contribution < -0.4 is 10.5 Å². The molecule has 164 valence electrons. The Hall–Kier alpha value is -3.45. The summed E-state index contributed by atoms with van der Waals surface area (Å²) in [7, 11) is 2.16. The summed E-state index contributed by atoms with van der Waals surface area (Å²) in [5.74, 6) is 0. The lowest BCUT2D eigenvalue weighted by Crippen LogP contribution is -2.44. The van der Waals surface area contributed by atoms with Crippen molar-refractivity contribution in [2.75, 3.05) is 38.1 Å². The number of benzene rings is 1. The molecular weight excluding hydrogens is 400 g/mol. The second kappa shape index (κ2) is 8.24. The zero-order valence-corrected chi connectivity index (χ0v) is 18.8. The van der Waals surface area contributed by atoms with Crippen LogP contribution in [0.4, 0.5) is 5.69 Å². The summed E-state index contributed by atoms with van der Waals surface area (Å²) in [4.78, 5) is 17.1. The van der Waals surface area contributed by atoms with E-state index < -0.39 is 0 Å². The summed E-state index contributed by atoms with van der Waals surface area (Å²) in [5.41, 5.74) is 5.62. The van der Waals surface area contributed by atoms with E-state index in [-0.39, 0.29) is 11.6 Å². The highest BCUT2D eigenvalue weighted by molar-refractivity contribution is 5.91. The summed E-state index contributed by atoms with van der Waals surface area (Å²) >= 11 is 0. The van der Waals surface area contributed by atoms with Crippen LogP contribution in [0.5, 0.6) is 0 Å². The lowest BCUT2D eigenvalue weighted by atomic mass is 10.0. The minimum absolute atomic E-state index is 0.0201. The molecule has 1 saturated heterocycles. The molecule has 0 amide bonds. The van der Waals surface area contributed by atoms with Crippen LogP contribution >= 0.6 is 0 Å². The maximum absolute atomic E-state index is 12.3. The molecule has 5 rings (SSSR count). The molecule has 0 spiro atoms. The number of nitrogens with zero attached hydrogens (tertiary/aromatic N) is 6. The van der Waals surface area contributed by atoms with Gasteiger partial charge >= 0.3 is 0 Å². The van der Waals surface area contributed by atoms with Crippen molar-refractivity contribution in [3.05, 3.63) is 71.1 Å². The predicted octanol–water partition coefficient (Wildman–Crippen LogP) is 3.56. The second-order valence-electron chi connectivity index (χ2n) is 8.69. The number of anilines is 1. The van der Waals surface area contributed by atoms with Gasteiger partial charge in [0.1, 0.15) is 5.69 Å². The monoisotopic (exact) mass is 428 g/mol. The van der Waals surface area contributed by atoms with E-state index in [4.69, 9.17) is 10.2 Å². The summed E-state index contributed by atoms with van der Waals surface area (Å²) < 4.78 is 3.49. The van der Waals surface area contributed by atoms with Crippen LogP contribution in [-0.4, -0.2) is 57.5 Å². The number of hydrogen-bond acceptors (Lipinski definition) is 5. The van der Waals surface area contributed by atoms with Gasteiger partial charge in [0.05, 0.1) is 34.7 Å². The number of likely N-dealkylation sites (N-methyl/N-ethyl adjacent to an activating group) is 1. The molecule has 0 atom stereocenters. The fourth-order valence-electron chi connectivity index (χ4n) is 4.27. The molecule has 32 heavy (non-hydrogen) atoms. The molecule has 0 radical (unpaired) electrons. The first-order valence-electron chi connectivity index (χ1n) is 11.1. The standard InChI is InChI=1S/C25H28N6O/c1-18(2)31-23(32)12-10-21(26-31)24-22-11-9-20(29-15-13-28(3)14-16-29)17-30(22)27-25(24)19-7-5-4-6-8-19/h4-12,17-18H,13-16H2,1-3H3. The lowest BCUT2D eigenvalue weighted by Gasteiger charge is -2.33. The van der Waals surface area contributed by atoms with Crippen molar-refractivity contribution in [3.8, 4) is 22.5 Å². The van der Waals surface area contributed by atoms with Gasteiger partial charge < -0.3 is 9.80 Å². The Labute approximate surface area is 187 Å². The molecule has 1 aromatic carbocycles. The first-order valence-corrected chi connectivity index (χ1v) is 11.1. The SMILES string of the molecule is CC(C)n1nc(-c2c(-c3ccccc3)nn3cc(N4CCN(C)CC4)ccc23)ccc1=O. The molecule has 0 unspecified atom stereocenters. The fraction of sp³-hybridized carbons (Fsp3) is 0.320. The summed E-state index contributed by atoms with van der Waals surface area (Å²) in [6.07, 6.45) is 2.11. The Balaban J connectivity index is 1.68. The summed E-state index contributed by atoms with van der Waals surface area (Å²) in [6, 6.07) is 17.8. The Morgan fingerprint density at radius 1 is 0.875 bits per heavy atom. The van der Waals surface area contributed by atoms with Gasteiger partial charge in [-0.3, -0.25) is 4.79 Å². The molecule has 4 heterocycles. The van der Waals surface area contributed by atoms with E-state index in [0.717, 1.165) is 54.2 Å². The fourth-order valence-corrected chi connectivity index (χ4v) is 4.27. The van der Waals surface area contributed by atoms with E-state index in [1.165, 1.54) is 10.4 Å². The van der Waals surface area contributed by atoms with E-state index in [1.807, 2.05) is 36.6 Å². The molecule has 0 aliphatic carbocycles. The van der Waals surface area contributed by atoms with Crippen molar-refractivity contribution in [3.63, 3.8) is 0 Å². The molecule has 3 aromatic heterocycles. The number of aromatic nitrogens is 4. The topological polar surface area (TPSA) is 58.7 Å². The van der Waals surface area contributed by atoms with Gasteiger partial charge in [0.2, 0.25) is 0 Å². The van der Waals surface area contributed by atoms with Gasteiger partial charge in [0.25, 0.3) is 5.56 Å². The molecule has 1 aliphatic heterocycles. The van der Waals surface area contributed by atoms with Gasteiger partial charge in [-0.2, -0.15) is 10.2 Å². The maximum Gasteiger partial charge on any atom is 0.267 e. The smallest absolute Gasteiger partial charge is 0.267 e. The molecule has 0 bridgehead atoms. The Kier molecular flexibility index (Phi) is 5.27. The number of pyridine rings is 1. The zero-order valence-electron chi connectivity index (χ0n) is 18.8. The van der Waals surface area contributed by atoms with Crippen LogP contribution in [0.15, 0.2) is 65.6 Å². The predicted molar refractivity (Wildman–Crippen MR) is 128 cm³/mol. The van der Waals surface area contributed by atoms with Crippen LogP contribution in [0, 0.1) is 0 Å². The maximum atomic E-state index is 12.3. The minimum atomic E-state index is -0.0983. The van der Waals surface area contributed by atoms with Crippen molar-refractivity contribution in [2.45, 2.75) is 19.9 Å². The lowest BCUT2D eigenvalue weighted by molar-refractivity contribution is 0.312. The van der Waals surface area contributed by atoms with Gasteiger partial charge in [0, 0.05) is 37.8 Å². The first-order chi connectivity index (χ1) is 15.5. The van der Waals surface area contributed by atoms with Gasteiger partial charge in [-0.1, -0.05) is 30.3 Å². The van der Waals surface area contributed by atoms with Crippen molar-refractivity contribution in [2.24, 2.45) is 0 Å². The molecule has 7 nitrogen and oxygen atoms in total. The molecule has 4 aromatic rings. The summed E-state index contributed by atoms with van der Waals surface area (Å²) in [5, 5.41) is 9.68. The molecule has 1 aliphatic rings. The highest BCUT2D eigenvalue weighted by Gasteiger charge is 2.21. The van der Waals surface area contributed by atoms with Crippen molar-refractivity contribution >= 4 is 11.2 Å². The Bertz CT molecular complexity index is 1300. The minimum Gasteiger partial charge on any atom is -0.368 e. The van der Waals surface area contributed by atoms with Crippen LogP contribution in [0.3, 0.4) is 0 Å². The Morgan fingerprint density at radius 3 is 2.34 bits per heavy atom. The average Bonchev–Trinajstić information content (AvgIpc) is 3.19. The molecule has 1 fully saturated rings. The molecule has 0 saturated carbocycles. The van der Waals surface area contributed by atoms with E-state index >= 15 is 0 Å². The van der Waals surface area contributed by atoms with E-state index in [2.05, 4.69) is 47.3 Å². The van der Waals surface area contributed by atoms with Crippen molar-refractivity contribution in [1.82, 2.24) is 24.3 Å². The normalized spacial score (nSPS) is 15.1. The molecule has 7 heteroatoms. The average molecular weight is 429 g/mol. The number of piperazine rings is 1. The van der Waals surface area contributed by atoms with Crippen LogP contribution in [-0.2, 0) is 0 Å². The van der Waals surface area contributed by atoms with Crippen molar-refractivity contribution < 1.29 is 0 Å². The number of hydrogen-bond donors (Lipinski definition) is 0. The van der Waals surface area contributed by atoms with Gasteiger partial charge in [-0.05, 0) is 39.1 Å². The third-order valence-electron chi connectivity index (χ3n) is 6.10. The Morgan fingerprint density at radius 2 is 1.62 bits per heavy atom. The van der Waals surface area contributed by atoms with Gasteiger partial charge in [-0.25, -0.2) is 9.20 Å². The van der Waals surface area contributed by atoms with E-state index in [0.29, 0.717) is 0 Å². The zero-order chi connectivity index (χ0) is 22.2. The second-order valence-corrected chi connectivity index (χ2v) is 8.69. The van der Waals surface area contributed by atoms with Crippen molar-refractivity contribution in [1.29, 1.82) is 0 Å². The van der Waals surface area contributed by atoms with Crippen LogP contribution in [0.2, 0.25) is 0 Å². The largest absolute Gasteiger partial charge is 0.368 e. The highest BCUT2D eigenvalue weighted by atomic mass is 16.1. The first kappa shape index (κ1) is 20.5. The van der Waals surface area contributed by atoms with Crippen LogP contribution in [0.25, 0.3) is 28.0 Å².